The smallest absolute Gasteiger partial charge is 0.322 e. The number of anilines is 2. The average molecular weight is 416 g/mol. The Morgan fingerprint density at radius 1 is 1.03 bits per heavy atom. The van der Waals surface area contributed by atoms with Gasteiger partial charge in [-0.3, -0.25) is 9.59 Å². The van der Waals surface area contributed by atoms with Crippen molar-refractivity contribution in [2.45, 2.75) is 12.6 Å². The predicted octanol–water partition coefficient (Wildman–Crippen LogP) is 5.22. The van der Waals surface area contributed by atoms with E-state index in [0.29, 0.717) is 23.5 Å². The molecule has 1 aliphatic heterocycles. The third-order valence-corrected chi connectivity index (χ3v) is 5.54. The number of nitrogens with zero attached hydrogens (tertiary/aromatic N) is 1. The Morgan fingerprint density at radius 2 is 1.79 bits per heavy atom. The van der Waals surface area contributed by atoms with Crippen molar-refractivity contribution < 1.29 is 22.8 Å². The molecular weight excluding hydrogens is 401 g/mol. The molecule has 0 saturated heterocycles. The maximum atomic E-state index is 12.6. The lowest BCUT2D eigenvalue weighted by molar-refractivity contribution is -0.137. The number of amides is 2. The third kappa shape index (κ3) is 3.88. The number of carbonyl (C=O) groups is 2. The van der Waals surface area contributed by atoms with E-state index in [1.54, 1.807) is 29.2 Å². The molecule has 0 atom stereocenters. The molecule has 1 N–H and O–H groups in total. The highest BCUT2D eigenvalue weighted by molar-refractivity contribution is 7.12. The zero-order valence-electron chi connectivity index (χ0n) is 15.0. The van der Waals surface area contributed by atoms with Crippen LogP contribution in [0.4, 0.5) is 24.5 Å². The van der Waals surface area contributed by atoms with Crippen LogP contribution in [0.15, 0.2) is 60.0 Å². The molecule has 0 fully saturated rings. The number of hydrogen-bond donors (Lipinski definition) is 1. The van der Waals surface area contributed by atoms with Crippen molar-refractivity contribution in [3.63, 3.8) is 0 Å². The van der Waals surface area contributed by atoms with Crippen molar-refractivity contribution in [3.8, 4) is 0 Å². The number of fused-ring (bicyclic) bond motifs is 1. The summed E-state index contributed by atoms with van der Waals surface area (Å²) in [6.45, 7) is 0.558. The molecule has 2 heterocycles. The Hall–Kier alpha value is -3.13. The lowest BCUT2D eigenvalue weighted by Crippen LogP contribution is -2.28. The zero-order valence-corrected chi connectivity index (χ0v) is 15.8. The van der Waals surface area contributed by atoms with Crippen LogP contribution in [-0.2, 0) is 12.6 Å². The van der Waals surface area contributed by atoms with Gasteiger partial charge < -0.3 is 10.2 Å². The maximum absolute atomic E-state index is 12.6. The fourth-order valence-corrected chi connectivity index (χ4v) is 3.91. The van der Waals surface area contributed by atoms with E-state index < -0.39 is 17.6 Å². The summed E-state index contributed by atoms with van der Waals surface area (Å²) in [5, 5.41) is 4.55. The van der Waals surface area contributed by atoms with Crippen LogP contribution < -0.4 is 10.2 Å². The van der Waals surface area contributed by atoms with Crippen LogP contribution in [0.1, 0.15) is 31.2 Å². The molecule has 1 aromatic heterocycles. The molecule has 148 valence electrons. The van der Waals surface area contributed by atoms with Crippen molar-refractivity contribution in [2.75, 3.05) is 16.8 Å². The first-order valence-electron chi connectivity index (χ1n) is 8.80. The van der Waals surface area contributed by atoms with Crippen LogP contribution in [-0.4, -0.2) is 18.4 Å². The first-order valence-corrected chi connectivity index (χ1v) is 9.68. The molecule has 2 aromatic carbocycles. The van der Waals surface area contributed by atoms with Crippen LogP contribution in [0.5, 0.6) is 0 Å². The molecule has 0 spiro atoms. The SMILES string of the molecule is O=C(Nc1ccc2c(c1)CCN2C(=O)c1cccs1)c1ccc(C(F)(F)F)cc1. The van der Waals surface area contributed by atoms with Crippen molar-refractivity contribution in [2.24, 2.45) is 0 Å². The summed E-state index contributed by atoms with van der Waals surface area (Å²) in [7, 11) is 0. The van der Waals surface area contributed by atoms with Crippen LogP contribution in [0.2, 0.25) is 0 Å². The second-order valence-corrected chi connectivity index (χ2v) is 7.50. The van der Waals surface area contributed by atoms with E-state index in [4.69, 9.17) is 0 Å². The molecule has 1 aliphatic rings. The third-order valence-electron chi connectivity index (χ3n) is 4.68. The van der Waals surface area contributed by atoms with Crippen molar-refractivity contribution in [3.05, 3.63) is 81.5 Å². The quantitative estimate of drug-likeness (QED) is 0.636. The second kappa shape index (κ2) is 7.36. The minimum absolute atomic E-state index is 0.0553. The average Bonchev–Trinajstić information content (AvgIpc) is 3.36. The molecule has 4 rings (SSSR count). The van der Waals surface area contributed by atoms with E-state index in [2.05, 4.69) is 5.32 Å². The summed E-state index contributed by atoms with van der Waals surface area (Å²) >= 11 is 1.39. The first kappa shape index (κ1) is 19.2. The number of alkyl halides is 3. The molecular formula is C21H15F3N2O2S. The molecule has 29 heavy (non-hydrogen) atoms. The lowest BCUT2D eigenvalue weighted by atomic mass is 10.1. The van der Waals surface area contributed by atoms with Crippen molar-refractivity contribution >= 4 is 34.5 Å². The Morgan fingerprint density at radius 3 is 2.45 bits per heavy atom. The van der Waals surface area contributed by atoms with Gasteiger partial charge in [0.25, 0.3) is 11.8 Å². The van der Waals surface area contributed by atoms with Gasteiger partial charge in [0.05, 0.1) is 10.4 Å². The highest BCUT2D eigenvalue weighted by Gasteiger charge is 2.30. The van der Waals surface area contributed by atoms with Gasteiger partial charge in [0, 0.05) is 23.5 Å². The number of benzene rings is 2. The fraction of sp³-hybridized carbons (Fsp3) is 0.143. The van der Waals surface area contributed by atoms with Crippen molar-refractivity contribution in [1.29, 1.82) is 0 Å². The van der Waals surface area contributed by atoms with E-state index in [-0.39, 0.29) is 11.5 Å². The number of halogens is 3. The van der Waals surface area contributed by atoms with Gasteiger partial charge >= 0.3 is 6.18 Å². The number of hydrogen-bond acceptors (Lipinski definition) is 3. The molecule has 0 saturated carbocycles. The Kier molecular flexibility index (Phi) is 4.87. The monoisotopic (exact) mass is 416 g/mol. The largest absolute Gasteiger partial charge is 0.416 e. The van der Waals surface area contributed by atoms with Gasteiger partial charge in [0.2, 0.25) is 0 Å². The number of thiophene rings is 1. The lowest BCUT2D eigenvalue weighted by Gasteiger charge is -2.16. The van der Waals surface area contributed by atoms with E-state index in [0.717, 1.165) is 35.5 Å². The Balaban J connectivity index is 1.48. The van der Waals surface area contributed by atoms with Gasteiger partial charge in [0.1, 0.15) is 0 Å². The number of nitrogens with one attached hydrogen (secondary N) is 1. The molecule has 0 unspecified atom stereocenters. The topological polar surface area (TPSA) is 49.4 Å². The molecule has 4 nitrogen and oxygen atoms in total. The van der Waals surface area contributed by atoms with Crippen LogP contribution >= 0.6 is 11.3 Å². The summed E-state index contributed by atoms with van der Waals surface area (Å²) in [5.41, 5.74) is 1.59. The van der Waals surface area contributed by atoms with Crippen molar-refractivity contribution in [1.82, 2.24) is 0 Å². The van der Waals surface area contributed by atoms with Gasteiger partial charge in [0.15, 0.2) is 0 Å². The number of carbonyl (C=O) groups excluding carboxylic acids is 2. The van der Waals surface area contributed by atoms with Gasteiger partial charge in [-0.1, -0.05) is 6.07 Å². The summed E-state index contributed by atoms with van der Waals surface area (Å²) < 4.78 is 37.9. The molecule has 2 amide bonds. The maximum Gasteiger partial charge on any atom is 0.416 e. The minimum Gasteiger partial charge on any atom is -0.322 e. The van der Waals surface area contributed by atoms with Crippen LogP contribution in [0.25, 0.3) is 0 Å². The highest BCUT2D eigenvalue weighted by atomic mass is 32.1. The fourth-order valence-electron chi connectivity index (χ4n) is 3.24. The summed E-state index contributed by atoms with van der Waals surface area (Å²) in [5.74, 6) is -0.552. The summed E-state index contributed by atoms with van der Waals surface area (Å²) in [4.78, 5) is 27.3. The number of rotatable bonds is 3. The van der Waals surface area contributed by atoms with Gasteiger partial charge in [-0.2, -0.15) is 13.2 Å². The zero-order chi connectivity index (χ0) is 20.6. The predicted molar refractivity (Wildman–Crippen MR) is 106 cm³/mol. The summed E-state index contributed by atoms with van der Waals surface area (Å²) in [6, 6.07) is 12.9. The molecule has 0 radical (unpaired) electrons. The molecule has 0 aliphatic carbocycles. The summed E-state index contributed by atoms with van der Waals surface area (Å²) in [6.07, 6.45) is -3.78. The standard InChI is InChI=1S/C21H15F3N2O2S/c22-21(23,24)15-5-3-13(4-6-15)19(27)25-16-7-8-17-14(12-16)9-10-26(17)20(28)18-2-1-11-29-18/h1-8,11-12H,9-10H2,(H,25,27). The van der Waals surface area contributed by atoms with Gasteiger partial charge in [-0.15, -0.1) is 11.3 Å². The van der Waals surface area contributed by atoms with E-state index >= 15 is 0 Å². The van der Waals surface area contributed by atoms with Gasteiger partial charge in [-0.05, 0) is 65.9 Å². The second-order valence-electron chi connectivity index (χ2n) is 6.56. The Bertz CT molecular complexity index is 1060. The highest BCUT2D eigenvalue weighted by Crippen LogP contribution is 2.33. The van der Waals surface area contributed by atoms with E-state index in [1.807, 2.05) is 11.4 Å². The van der Waals surface area contributed by atoms with Gasteiger partial charge in [-0.25, -0.2) is 0 Å². The molecule has 8 heteroatoms. The van der Waals surface area contributed by atoms with Crippen LogP contribution in [0, 0.1) is 0 Å². The Labute approximate surface area is 168 Å². The molecule has 0 bridgehead atoms. The minimum atomic E-state index is -4.44. The molecule has 3 aromatic rings. The van der Waals surface area contributed by atoms with E-state index in [9.17, 15) is 22.8 Å². The first-order chi connectivity index (χ1) is 13.8. The van der Waals surface area contributed by atoms with E-state index in [1.165, 1.54) is 11.3 Å². The van der Waals surface area contributed by atoms with Crippen LogP contribution in [0.3, 0.4) is 0 Å². The normalized spacial score (nSPS) is 13.3.